The summed E-state index contributed by atoms with van der Waals surface area (Å²) in [4.78, 5) is 13.3. The van der Waals surface area contributed by atoms with Gasteiger partial charge in [0.15, 0.2) is 0 Å². The number of carbonyl (C=O) groups is 1. The lowest BCUT2D eigenvalue weighted by molar-refractivity contribution is -0.122. The van der Waals surface area contributed by atoms with Crippen molar-refractivity contribution >= 4 is 22.3 Å². The normalized spacial score (nSPS) is 27.1. The minimum absolute atomic E-state index is 0.0638. The number of hydrogen-bond donors (Lipinski definition) is 2. The van der Waals surface area contributed by atoms with Crippen LogP contribution in [0.2, 0.25) is 0 Å². The highest BCUT2D eigenvalue weighted by Gasteiger charge is 2.36. The average Bonchev–Trinajstić information content (AvgIpc) is 2.72. The zero-order valence-electron chi connectivity index (χ0n) is 19.2. The Balaban J connectivity index is 2.11. The highest BCUT2D eigenvalue weighted by atomic mass is 32.2. The molecular formula is C24H41NO3S. The Hall–Kier alpha value is -0.910. The van der Waals surface area contributed by atoms with Gasteiger partial charge in [-0.05, 0) is 69.9 Å². The standard InChI is InChI=1S/C24H41NO3S/c1-8-17-13-18(23(2,3)16-26)15-19(14-17)25-22(27)24(4,5)29(7)21-11-9-20(28-6)10-12-21/h13,15,17,20-21,26H,7-12,14,16H2,1-6H3,(H,25,27). The van der Waals surface area contributed by atoms with Crippen LogP contribution in [-0.4, -0.2) is 46.7 Å². The number of rotatable bonds is 8. The van der Waals surface area contributed by atoms with Crippen molar-refractivity contribution in [2.24, 2.45) is 11.3 Å². The van der Waals surface area contributed by atoms with Gasteiger partial charge in [0.05, 0.1) is 17.5 Å². The van der Waals surface area contributed by atoms with E-state index in [-0.39, 0.29) is 28.4 Å². The van der Waals surface area contributed by atoms with Gasteiger partial charge >= 0.3 is 0 Å². The zero-order chi connectivity index (χ0) is 21.8. The minimum Gasteiger partial charge on any atom is -0.395 e. The lowest BCUT2D eigenvalue weighted by Gasteiger charge is -2.37. The third-order valence-corrected chi connectivity index (χ3v) is 9.53. The van der Waals surface area contributed by atoms with E-state index in [0.29, 0.717) is 17.3 Å². The number of aliphatic hydroxyl groups is 1. The van der Waals surface area contributed by atoms with Gasteiger partial charge in [-0.2, -0.15) is 10.5 Å². The summed E-state index contributed by atoms with van der Waals surface area (Å²) in [6.07, 6.45) is 10.8. The molecule has 2 aliphatic rings. The van der Waals surface area contributed by atoms with E-state index >= 15 is 0 Å². The maximum Gasteiger partial charge on any atom is 0.239 e. The molecule has 4 nitrogen and oxygen atoms in total. The first kappa shape index (κ1) is 24.4. The molecule has 0 saturated heterocycles. The number of aliphatic hydroxyl groups excluding tert-OH is 1. The van der Waals surface area contributed by atoms with Crippen molar-refractivity contribution in [3.05, 3.63) is 23.4 Å². The smallest absolute Gasteiger partial charge is 0.239 e. The van der Waals surface area contributed by atoms with Gasteiger partial charge in [0, 0.05) is 23.5 Å². The monoisotopic (exact) mass is 423 g/mol. The molecule has 1 fully saturated rings. The highest BCUT2D eigenvalue weighted by Crippen LogP contribution is 2.42. The average molecular weight is 424 g/mol. The van der Waals surface area contributed by atoms with Gasteiger partial charge in [-0.1, -0.05) is 32.7 Å². The van der Waals surface area contributed by atoms with Gasteiger partial charge < -0.3 is 15.2 Å². The molecule has 0 aromatic heterocycles. The van der Waals surface area contributed by atoms with Crippen LogP contribution in [0.15, 0.2) is 23.4 Å². The van der Waals surface area contributed by atoms with Gasteiger partial charge in [0.25, 0.3) is 0 Å². The molecule has 2 aliphatic carbocycles. The number of methoxy groups -OCH3 is 1. The first-order valence-electron chi connectivity index (χ1n) is 11.0. The summed E-state index contributed by atoms with van der Waals surface area (Å²) in [5.41, 5.74) is 1.77. The van der Waals surface area contributed by atoms with E-state index in [9.17, 15) is 9.90 Å². The Morgan fingerprint density at radius 1 is 1.28 bits per heavy atom. The summed E-state index contributed by atoms with van der Waals surface area (Å²) in [6, 6.07) is 0. The van der Waals surface area contributed by atoms with Gasteiger partial charge in [0.1, 0.15) is 0 Å². The van der Waals surface area contributed by atoms with Gasteiger partial charge in [-0.25, -0.2) is 0 Å². The highest BCUT2D eigenvalue weighted by molar-refractivity contribution is 8.16. The van der Waals surface area contributed by atoms with Crippen molar-refractivity contribution in [1.29, 1.82) is 0 Å². The molecule has 29 heavy (non-hydrogen) atoms. The lowest BCUT2D eigenvalue weighted by Crippen LogP contribution is -2.43. The van der Waals surface area contributed by atoms with Crippen LogP contribution in [0.25, 0.3) is 0 Å². The molecule has 0 heterocycles. The number of allylic oxidation sites excluding steroid dienone is 3. The third-order valence-electron chi connectivity index (χ3n) is 6.76. The van der Waals surface area contributed by atoms with E-state index in [1.807, 2.05) is 27.7 Å². The molecule has 2 rings (SSSR count). The van der Waals surface area contributed by atoms with Crippen LogP contribution in [0.3, 0.4) is 0 Å². The molecule has 2 unspecified atom stereocenters. The summed E-state index contributed by atoms with van der Waals surface area (Å²) in [7, 11) is 1.53. The summed E-state index contributed by atoms with van der Waals surface area (Å²) in [6.45, 7) is 10.4. The SMILES string of the molecule is C=S(C1CCC(OC)CC1)C(C)(C)C(=O)NC1=CC(C(C)(C)CO)=CC(CC)C1. The fraction of sp³-hybridized carbons (Fsp3) is 0.750. The largest absolute Gasteiger partial charge is 0.395 e. The molecule has 0 aromatic carbocycles. The molecule has 1 saturated carbocycles. The summed E-state index contributed by atoms with van der Waals surface area (Å²) in [5, 5.41) is 13.5. The molecule has 5 heteroatoms. The number of amides is 1. The predicted octanol–water partition coefficient (Wildman–Crippen LogP) is 4.80. The van der Waals surface area contributed by atoms with Crippen molar-refractivity contribution in [1.82, 2.24) is 5.32 Å². The zero-order valence-corrected chi connectivity index (χ0v) is 20.0. The maximum atomic E-state index is 13.3. The fourth-order valence-electron chi connectivity index (χ4n) is 4.14. The Labute approximate surface area is 180 Å². The number of carbonyl (C=O) groups excluding carboxylic acids is 1. The quantitative estimate of drug-likeness (QED) is 0.552. The molecule has 0 spiro atoms. The summed E-state index contributed by atoms with van der Waals surface area (Å²) < 4.78 is 4.98. The van der Waals surface area contributed by atoms with Gasteiger partial charge in [0.2, 0.25) is 5.91 Å². The van der Waals surface area contributed by atoms with Crippen LogP contribution in [-0.2, 0) is 9.53 Å². The molecule has 0 aromatic rings. The van der Waals surface area contributed by atoms with Gasteiger partial charge in [-0.3, -0.25) is 4.79 Å². The molecule has 0 aliphatic heterocycles. The second-order valence-corrected chi connectivity index (χ2v) is 12.3. The van der Waals surface area contributed by atoms with Crippen LogP contribution in [0.5, 0.6) is 0 Å². The molecule has 0 bridgehead atoms. The Kier molecular flexibility index (Phi) is 8.34. The van der Waals surface area contributed by atoms with E-state index in [0.717, 1.165) is 49.8 Å². The Bertz CT molecular complexity index is 670. The van der Waals surface area contributed by atoms with Crippen molar-refractivity contribution in [2.45, 2.75) is 89.2 Å². The molecule has 2 atom stereocenters. The Morgan fingerprint density at radius 2 is 1.90 bits per heavy atom. The molecule has 2 N–H and O–H groups in total. The van der Waals surface area contributed by atoms with Crippen LogP contribution in [0, 0.1) is 11.3 Å². The van der Waals surface area contributed by atoms with Crippen molar-refractivity contribution < 1.29 is 14.6 Å². The second kappa shape index (κ2) is 9.93. The van der Waals surface area contributed by atoms with E-state index < -0.39 is 4.75 Å². The van der Waals surface area contributed by atoms with Crippen LogP contribution < -0.4 is 5.32 Å². The summed E-state index contributed by atoms with van der Waals surface area (Å²) >= 11 is 0. The molecule has 1 amide bonds. The lowest BCUT2D eigenvalue weighted by atomic mass is 9.78. The number of nitrogens with one attached hydrogen (secondary N) is 1. The van der Waals surface area contributed by atoms with E-state index in [4.69, 9.17) is 4.74 Å². The molecule has 166 valence electrons. The van der Waals surface area contributed by atoms with E-state index in [2.05, 4.69) is 30.3 Å². The second-order valence-electron chi connectivity index (χ2n) is 9.73. The number of hydrogen-bond acceptors (Lipinski definition) is 3. The first-order valence-corrected chi connectivity index (χ1v) is 12.4. The van der Waals surface area contributed by atoms with E-state index in [1.165, 1.54) is 0 Å². The van der Waals surface area contributed by atoms with Crippen LogP contribution in [0.4, 0.5) is 0 Å². The van der Waals surface area contributed by atoms with Crippen molar-refractivity contribution in [2.75, 3.05) is 13.7 Å². The molecular weight excluding hydrogens is 382 g/mol. The third kappa shape index (κ3) is 5.83. The molecule has 0 radical (unpaired) electrons. The van der Waals surface area contributed by atoms with Crippen molar-refractivity contribution in [3.8, 4) is 0 Å². The fourth-order valence-corrected chi connectivity index (χ4v) is 6.10. The maximum absolute atomic E-state index is 13.3. The van der Waals surface area contributed by atoms with Gasteiger partial charge in [-0.15, -0.1) is 0 Å². The number of ether oxygens (including phenoxy) is 1. The first-order chi connectivity index (χ1) is 13.5. The van der Waals surface area contributed by atoms with Crippen LogP contribution >= 0.6 is 10.5 Å². The van der Waals surface area contributed by atoms with E-state index in [1.54, 1.807) is 7.11 Å². The summed E-state index contributed by atoms with van der Waals surface area (Å²) in [5.74, 6) is 4.91. The Morgan fingerprint density at radius 3 is 2.41 bits per heavy atom. The predicted molar refractivity (Wildman–Crippen MR) is 125 cm³/mol. The van der Waals surface area contributed by atoms with Crippen molar-refractivity contribution in [3.63, 3.8) is 0 Å². The minimum atomic E-state index is -0.513. The topological polar surface area (TPSA) is 58.6 Å². The van der Waals surface area contributed by atoms with Crippen LogP contribution in [0.1, 0.15) is 73.1 Å².